The van der Waals surface area contributed by atoms with Crippen molar-refractivity contribution in [2.75, 3.05) is 23.7 Å². The van der Waals surface area contributed by atoms with E-state index in [0.717, 1.165) is 37.7 Å². The van der Waals surface area contributed by atoms with Gasteiger partial charge in [0, 0.05) is 18.3 Å². The second-order valence-electron chi connectivity index (χ2n) is 9.21. The van der Waals surface area contributed by atoms with E-state index in [1.807, 2.05) is 24.3 Å². The molecule has 0 bridgehead atoms. The Morgan fingerprint density at radius 1 is 1.06 bits per heavy atom. The smallest absolute Gasteiger partial charge is 0.247 e. The molecule has 1 aliphatic heterocycles. The number of benzene rings is 1. The number of hydrogen-bond donors (Lipinski definition) is 1. The lowest BCUT2D eigenvalue weighted by Crippen LogP contribution is -2.71. The molecule has 0 radical (unpaired) electrons. The zero-order valence-corrected chi connectivity index (χ0v) is 20.4. The van der Waals surface area contributed by atoms with Gasteiger partial charge in [0.15, 0.2) is 0 Å². The molecule has 178 valence electrons. The Labute approximate surface area is 192 Å². The van der Waals surface area contributed by atoms with Crippen LogP contribution in [0.3, 0.4) is 0 Å². The van der Waals surface area contributed by atoms with Crippen molar-refractivity contribution in [1.82, 2.24) is 9.62 Å². The summed E-state index contributed by atoms with van der Waals surface area (Å²) in [6.45, 7) is 5.00. The van der Waals surface area contributed by atoms with Crippen LogP contribution in [0, 0.1) is 0 Å². The summed E-state index contributed by atoms with van der Waals surface area (Å²) in [7, 11) is -3.61. The van der Waals surface area contributed by atoms with Gasteiger partial charge >= 0.3 is 0 Å². The predicted octanol–water partition coefficient (Wildman–Crippen LogP) is 3.24. The van der Waals surface area contributed by atoms with E-state index in [4.69, 9.17) is 0 Å². The first-order chi connectivity index (χ1) is 15.2. The lowest BCUT2D eigenvalue weighted by atomic mass is 9.92. The summed E-state index contributed by atoms with van der Waals surface area (Å²) in [5, 5.41) is 3.18. The fraction of sp³-hybridized carbons (Fsp3) is 0.667. The van der Waals surface area contributed by atoms with Gasteiger partial charge in [0.2, 0.25) is 21.8 Å². The maximum absolute atomic E-state index is 13.7. The topological polar surface area (TPSA) is 86.8 Å². The van der Waals surface area contributed by atoms with Crippen LogP contribution in [-0.4, -0.2) is 55.0 Å². The number of carbonyl (C=O) groups is 2. The minimum atomic E-state index is -3.61. The van der Waals surface area contributed by atoms with Crippen LogP contribution in [-0.2, 0) is 26.0 Å². The summed E-state index contributed by atoms with van der Waals surface area (Å²) in [4.78, 5) is 28.5. The van der Waals surface area contributed by atoms with E-state index in [1.165, 1.54) is 28.5 Å². The Morgan fingerprint density at radius 2 is 1.66 bits per heavy atom. The van der Waals surface area contributed by atoms with Crippen LogP contribution in [0.25, 0.3) is 0 Å². The molecule has 0 spiro atoms. The molecule has 1 aromatic carbocycles. The highest BCUT2D eigenvalue weighted by molar-refractivity contribution is 7.89. The average Bonchev–Trinajstić information content (AvgIpc) is 2.75. The van der Waals surface area contributed by atoms with Crippen molar-refractivity contribution in [3.63, 3.8) is 0 Å². The van der Waals surface area contributed by atoms with Crippen LogP contribution >= 0.6 is 0 Å². The summed E-state index contributed by atoms with van der Waals surface area (Å²) in [5.74, 6) is -0.772. The van der Waals surface area contributed by atoms with Crippen LogP contribution < -0.4 is 10.2 Å². The minimum absolute atomic E-state index is 0.0526. The Bertz CT molecular complexity index is 908. The Kier molecular flexibility index (Phi) is 7.98. The number of carbonyl (C=O) groups excluding carboxylic acids is 2. The summed E-state index contributed by atoms with van der Waals surface area (Å²) in [6, 6.07) is 7.65. The molecule has 1 atom stereocenters. The number of amides is 2. The number of hydrogen-bond acceptors (Lipinski definition) is 4. The molecule has 32 heavy (non-hydrogen) atoms. The van der Waals surface area contributed by atoms with Crippen LogP contribution in [0.5, 0.6) is 0 Å². The molecule has 2 fully saturated rings. The molecule has 1 aliphatic carbocycles. The van der Waals surface area contributed by atoms with Crippen LogP contribution in [0.15, 0.2) is 24.3 Å². The van der Waals surface area contributed by atoms with E-state index in [1.54, 1.807) is 13.8 Å². The number of rotatable bonds is 6. The van der Waals surface area contributed by atoms with Crippen LogP contribution in [0.2, 0.25) is 0 Å². The molecular formula is C24H37N3O4S. The molecule has 1 saturated heterocycles. The summed E-state index contributed by atoms with van der Waals surface area (Å²) >= 11 is 0. The number of aryl methyl sites for hydroxylation is 1. The van der Waals surface area contributed by atoms with Gasteiger partial charge in [-0.25, -0.2) is 8.42 Å². The van der Waals surface area contributed by atoms with E-state index in [0.29, 0.717) is 5.69 Å². The summed E-state index contributed by atoms with van der Waals surface area (Å²) in [6.07, 6.45) is 8.41. The number of piperazine rings is 1. The molecule has 0 aromatic heterocycles. The molecule has 7 nitrogen and oxygen atoms in total. The van der Waals surface area contributed by atoms with Gasteiger partial charge in [0.05, 0.1) is 12.3 Å². The highest BCUT2D eigenvalue weighted by Crippen LogP contribution is 2.31. The maximum atomic E-state index is 13.7. The zero-order valence-electron chi connectivity index (χ0n) is 19.6. The Hall–Kier alpha value is -1.93. The molecule has 8 heteroatoms. The standard InChI is InChI=1S/C24H37N3O4S/c1-4-19-13-15-21(16-14-19)27-22(28)17-26(32(30,31)5-2)18-24(27,3)23(29)25-20-11-9-7-6-8-10-12-20/h13-16,20H,4-12,17-18H2,1-3H3,(H,25,29). The highest BCUT2D eigenvalue weighted by atomic mass is 32.2. The van der Waals surface area contributed by atoms with Gasteiger partial charge in [-0.15, -0.1) is 0 Å². The molecule has 1 aromatic rings. The molecule has 1 heterocycles. The third-order valence-corrected chi connectivity index (χ3v) is 8.60. The molecule has 1 N–H and O–H groups in total. The van der Waals surface area contributed by atoms with E-state index in [9.17, 15) is 18.0 Å². The van der Waals surface area contributed by atoms with Crippen molar-refractivity contribution in [2.24, 2.45) is 0 Å². The molecule has 1 saturated carbocycles. The molecule has 3 rings (SSSR count). The average molecular weight is 464 g/mol. The van der Waals surface area contributed by atoms with Crippen molar-refractivity contribution < 1.29 is 18.0 Å². The summed E-state index contributed by atoms with van der Waals surface area (Å²) in [5.41, 5.74) is 0.429. The van der Waals surface area contributed by atoms with E-state index >= 15 is 0 Å². The Morgan fingerprint density at radius 3 is 2.22 bits per heavy atom. The van der Waals surface area contributed by atoms with E-state index < -0.39 is 15.6 Å². The van der Waals surface area contributed by atoms with E-state index in [-0.39, 0.29) is 36.7 Å². The fourth-order valence-electron chi connectivity index (χ4n) is 4.77. The normalized spacial score (nSPS) is 24.1. The fourth-order valence-corrected chi connectivity index (χ4v) is 5.89. The Balaban J connectivity index is 1.94. The molecular weight excluding hydrogens is 426 g/mol. The van der Waals surface area contributed by atoms with Crippen LogP contribution in [0.4, 0.5) is 5.69 Å². The van der Waals surface area contributed by atoms with Gasteiger partial charge in [-0.3, -0.25) is 14.5 Å². The van der Waals surface area contributed by atoms with Crippen molar-refractivity contribution >= 4 is 27.5 Å². The van der Waals surface area contributed by atoms with Gasteiger partial charge in [0.1, 0.15) is 5.54 Å². The minimum Gasteiger partial charge on any atom is -0.351 e. The SMILES string of the molecule is CCc1ccc(N2C(=O)CN(S(=O)(=O)CC)CC2(C)C(=O)NC2CCCCCCC2)cc1. The third-order valence-electron chi connectivity index (χ3n) is 6.83. The second kappa shape index (κ2) is 10.3. The first kappa shape index (κ1) is 24.7. The van der Waals surface area contributed by atoms with Crippen molar-refractivity contribution in [1.29, 1.82) is 0 Å². The lowest BCUT2D eigenvalue weighted by Gasteiger charge is -2.47. The first-order valence-electron chi connectivity index (χ1n) is 11.9. The molecule has 2 amide bonds. The van der Waals surface area contributed by atoms with Gasteiger partial charge < -0.3 is 5.32 Å². The van der Waals surface area contributed by atoms with Gasteiger partial charge in [-0.1, -0.05) is 51.2 Å². The highest BCUT2D eigenvalue weighted by Gasteiger charge is 2.50. The monoisotopic (exact) mass is 463 g/mol. The summed E-state index contributed by atoms with van der Waals surface area (Å²) < 4.78 is 26.4. The quantitative estimate of drug-likeness (QED) is 0.702. The first-order valence-corrected chi connectivity index (χ1v) is 13.5. The third kappa shape index (κ3) is 5.34. The van der Waals surface area contributed by atoms with Crippen molar-refractivity contribution in [3.8, 4) is 0 Å². The van der Waals surface area contributed by atoms with Gasteiger partial charge in [0.25, 0.3) is 0 Å². The number of sulfonamides is 1. The van der Waals surface area contributed by atoms with Crippen molar-refractivity contribution in [2.45, 2.75) is 83.7 Å². The van der Waals surface area contributed by atoms with Gasteiger partial charge in [-0.2, -0.15) is 4.31 Å². The zero-order chi connectivity index (χ0) is 23.4. The van der Waals surface area contributed by atoms with E-state index in [2.05, 4.69) is 12.2 Å². The largest absolute Gasteiger partial charge is 0.351 e. The maximum Gasteiger partial charge on any atom is 0.247 e. The molecule has 1 unspecified atom stereocenters. The molecule has 2 aliphatic rings. The van der Waals surface area contributed by atoms with Gasteiger partial charge in [-0.05, 0) is 50.8 Å². The second-order valence-corrected chi connectivity index (χ2v) is 11.5. The van der Waals surface area contributed by atoms with Crippen LogP contribution in [0.1, 0.15) is 71.3 Å². The number of nitrogens with zero attached hydrogens (tertiary/aromatic N) is 2. The van der Waals surface area contributed by atoms with Crippen molar-refractivity contribution in [3.05, 3.63) is 29.8 Å². The lowest BCUT2D eigenvalue weighted by molar-refractivity contribution is -0.133. The number of nitrogens with one attached hydrogen (secondary N) is 1. The number of anilines is 1. The predicted molar refractivity (Wildman–Crippen MR) is 127 cm³/mol.